The lowest BCUT2D eigenvalue weighted by molar-refractivity contribution is -0.139. The average Bonchev–Trinajstić information content (AvgIpc) is 2.94. The Labute approximate surface area is 128 Å². The van der Waals surface area contributed by atoms with Gasteiger partial charge in [-0.05, 0) is 30.4 Å². The fourth-order valence-corrected chi connectivity index (χ4v) is 3.08. The normalized spacial score (nSPS) is 20.2. The topological polar surface area (TPSA) is 46.3 Å². The summed E-state index contributed by atoms with van der Waals surface area (Å²) in [6.45, 7) is 2.71. The molecule has 0 spiro atoms. The quantitative estimate of drug-likeness (QED) is 0.928. The van der Waals surface area contributed by atoms with E-state index in [-0.39, 0.29) is 23.9 Å². The molecular weight excluding hydrogens is 293 g/mol. The van der Waals surface area contributed by atoms with E-state index in [1.54, 1.807) is 17.9 Å². The van der Waals surface area contributed by atoms with Crippen LogP contribution in [0, 0.1) is 0 Å². The number of nitrogens with two attached hydrogens (primary N) is 1. The Bertz CT molecular complexity index is 530. The summed E-state index contributed by atoms with van der Waals surface area (Å²) in [5, 5.41) is 0. The monoisotopic (exact) mass is 314 g/mol. The van der Waals surface area contributed by atoms with Gasteiger partial charge in [-0.2, -0.15) is 13.2 Å². The van der Waals surface area contributed by atoms with E-state index in [0.29, 0.717) is 13.1 Å². The maximum atomic E-state index is 13.1. The van der Waals surface area contributed by atoms with Crippen molar-refractivity contribution >= 4 is 5.91 Å². The highest BCUT2D eigenvalue weighted by Crippen LogP contribution is 2.36. The Hall–Kier alpha value is -1.56. The number of alkyl halides is 3. The molecule has 0 saturated carbocycles. The Morgan fingerprint density at radius 1 is 1.41 bits per heavy atom. The zero-order valence-electron chi connectivity index (χ0n) is 12.6. The number of benzene rings is 1. The van der Waals surface area contributed by atoms with Gasteiger partial charge in [-0.3, -0.25) is 4.79 Å². The van der Waals surface area contributed by atoms with Crippen molar-refractivity contribution in [1.29, 1.82) is 0 Å². The molecule has 1 aliphatic rings. The summed E-state index contributed by atoms with van der Waals surface area (Å²) in [6, 6.07) is 5.48. The molecule has 1 aromatic carbocycles. The van der Waals surface area contributed by atoms with Gasteiger partial charge in [-0.25, -0.2) is 0 Å². The molecule has 22 heavy (non-hydrogen) atoms. The molecule has 2 N–H and O–H groups in total. The highest BCUT2D eigenvalue weighted by atomic mass is 19.4. The van der Waals surface area contributed by atoms with Gasteiger partial charge in [0.2, 0.25) is 5.91 Å². The molecule has 2 atom stereocenters. The predicted molar refractivity (Wildman–Crippen MR) is 78.3 cm³/mol. The van der Waals surface area contributed by atoms with E-state index in [4.69, 9.17) is 5.73 Å². The fraction of sp³-hybridized carbons (Fsp3) is 0.562. The van der Waals surface area contributed by atoms with Crippen LogP contribution in [-0.2, 0) is 11.0 Å². The molecule has 3 nitrogen and oxygen atoms in total. The van der Waals surface area contributed by atoms with Crippen LogP contribution in [0.2, 0.25) is 0 Å². The molecule has 122 valence electrons. The number of hydrogen-bond acceptors (Lipinski definition) is 2. The third kappa shape index (κ3) is 3.61. The Morgan fingerprint density at radius 3 is 2.73 bits per heavy atom. The first-order valence-electron chi connectivity index (χ1n) is 7.50. The van der Waals surface area contributed by atoms with Gasteiger partial charge in [0.1, 0.15) is 0 Å². The van der Waals surface area contributed by atoms with Gasteiger partial charge in [-0.15, -0.1) is 0 Å². The molecule has 0 radical (unpaired) electrons. The largest absolute Gasteiger partial charge is 0.416 e. The van der Waals surface area contributed by atoms with Crippen LogP contribution in [0.5, 0.6) is 0 Å². The second-order valence-corrected chi connectivity index (χ2v) is 5.81. The summed E-state index contributed by atoms with van der Waals surface area (Å²) in [5.41, 5.74) is 5.16. The molecule has 0 bridgehead atoms. The van der Waals surface area contributed by atoms with Crippen molar-refractivity contribution in [2.45, 2.75) is 44.3 Å². The van der Waals surface area contributed by atoms with Gasteiger partial charge < -0.3 is 10.6 Å². The van der Waals surface area contributed by atoms with Crippen molar-refractivity contribution in [2.24, 2.45) is 5.73 Å². The minimum atomic E-state index is -4.40. The van der Waals surface area contributed by atoms with Crippen molar-refractivity contribution in [3.05, 3.63) is 35.4 Å². The van der Waals surface area contributed by atoms with Crippen LogP contribution in [0.3, 0.4) is 0 Å². The van der Waals surface area contributed by atoms with Crippen LogP contribution in [-0.4, -0.2) is 29.9 Å². The maximum Gasteiger partial charge on any atom is 0.416 e. The molecule has 1 saturated heterocycles. The van der Waals surface area contributed by atoms with Gasteiger partial charge in [0.05, 0.1) is 5.56 Å². The van der Waals surface area contributed by atoms with E-state index in [1.165, 1.54) is 12.1 Å². The molecule has 1 heterocycles. The molecule has 0 aromatic heterocycles. The van der Waals surface area contributed by atoms with E-state index in [2.05, 4.69) is 0 Å². The molecular formula is C16H21F3N2O. The number of hydrogen-bond donors (Lipinski definition) is 1. The van der Waals surface area contributed by atoms with E-state index in [1.807, 2.05) is 0 Å². The standard InChI is InChI=1S/C16H21F3N2O/c1-11(9-15(22)21-8-4-5-12(21)10-20)13-6-2-3-7-14(13)16(17,18)19/h2-3,6-7,11-12H,4-5,8-10,20H2,1H3/t11-,12+/m1/s1. The number of nitrogens with zero attached hydrogens (tertiary/aromatic N) is 1. The highest BCUT2D eigenvalue weighted by Gasteiger charge is 2.35. The summed E-state index contributed by atoms with van der Waals surface area (Å²) in [5.74, 6) is -0.596. The summed E-state index contributed by atoms with van der Waals surface area (Å²) in [4.78, 5) is 14.1. The molecule has 0 aliphatic carbocycles. The second kappa shape index (κ2) is 6.69. The minimum absolute atomic E-state index is 0.0255. The highest BCUT2D eigenvalue weighted by molar-refractivity contribution is 5.77. The van der Waals surface area contributed by atoms with Crippen LogP contribution >= 0.6 is 0 Å². The molecule has 2 rings (SSSR count). The van der Waals surface area contributed by atoms with Crippen LogP contribution in [0.15, 0.2) is 24.3 Å². The van der Waals surface area contributed by atoms with Gasteiger partial charge in [-0.1, -0.05) is 25.1 Å². The first-order chi connectivity index (χ1) is 10.3. The summed E-state index contributed by atoms with van der Waals surface area (Å²) in [7, 11) is 0. The molecule has 6 heteroatoms. The van der Waals surface area contributed by atoms with Crippen molar-refractivity contribution in [2.75, 3.05) is 13.1 Å². The number of carbonyl (C=O) groups is 1. The Kier molecular flexibility index (Phi) is 5.11. The molecule has 1 aromatic rings. The summed E-state index contributed by atoms with van der Waals surface area (Å²) >= 11 is 0. The van der Waals surface area contributed by atoms with Crippen molar-refractivity contribution in [1.82, 2.24) is 4.90 Å². The summed E-state index contributed by atoms with van der Waals surface area (Å²) in [6.07, 6.45) is -2.55. The zero-order valence-corrected chi connectivity index (χ0v) is 12.6. The van der Waals surface area contributed by atoms with Crippen LogP contribution in [0.25, 0.3) is 0 Å². The van der Waals surface area contributed by atoms with E-state index in [0.717, 1.165) is 18.9 Å². The van der Waals surface area contributed by atoms with E-state index >= 15 is 0 Å². The summed E-state index contributed by atoms with van der Waals surface area (Å²) < 4.78 is 39.2. The van der Waals surface area contributed by atoms with Crippen LogP contribution in [0.4, 0.5) is 13.2 Å². The lowest BCUT2D eigenvalue weighted by atomic mass is 9.92. The minimum Gasteiger partial charge on any atom is -0.338 e. The molecule has 0 unspecified atom stereocenters. The Balaban J connectivity index is 2.13. The molecule has 1 aliphatic heterocycles. The first kappa shape index (κ1) is 16.8. The number of rotatable bonds is 4. The maximum absolute atomic E-state index is 13.1. The van der Waals surface area contributed by atoms with Gasteiger partial charge in [0, 0.05) is 25.6 Å². The Morgan fingerprint density at radius 2 is 2.09 bits per heavy atom. The van der Waals surface area contributed by atoms with Crippen molar-refractivity contribution in [3.8, 4) is 0 Å². The van der Waals surface area contributed by atoms with Crippen LogP contribution in [0.1, 0.15) is 43.2 Å². The first-order valence-corrected chi connectivity index (χ1v) is 7.50. The van der Waals surface area contributed by atoms with E-state index < -0.39 is 17.7 Å². The SMILES string of the molecule is C[C@H](CC(=O)N1CCC[C@H]1CN)c1ccccc1C(F)(F)F. The van der Waals surface area contributed by atoms with E-state index in [9.17, 15) is 18.0 Å². The zero-order chi connectivity index (χ0) is 16.3. The lowest BCUT2D eigenvalue weighted by Gasteiger charge is -2.26. The number of halogens is 3. The van der Waals surface area contributed by atoms with Gasteiger partial charge in [0.25, 0.3) is 0 Å². The smallest absolute Gasteiger partial charge is 0.338 e. The third-order valence-corrected chi connectivity index (χ3v) is 4.25. The van der Waals surface area contributed by atoms with Crippen molar-refractivity contribution < 1.29 is 18.0 Å². The third-order valence-electron chi connectivity index (χ3n) is 4.25. The number of carbonyl (C=O) groups excluding carboxylic acids is 1. The second-order valence-electron chi connectivity index (χ2n) is 5.81. The van der Waals surface area contributed by atoms with Gasteiger partial charge >= 0.3 is 6.18 Å². The fourth-order valence-electron chi connectivity index (χ4n) is 3.08. The molecule has 1 fully saturated rings. The van der Waals surface area contributed by atoms with Crippen molar-refractivity contribution in [3.63, 3.8) is 0 Å². The average molecular weight is 314 g/mol. The van der Waals surface area contributed by atoms with Crippen LogP contribution < -0.4 is 5.73 Å². The number of likely N-dealkylation sites (tertiary alicyclic amines) is 1. The molecule has 1 amide bonds. The predicted octanol–water partition coefficient (Wildman–Crippen LogP) is 3.15. The lowest BCUT2D eigenvalue weighted by Crippen LogP contribution is -2.40. The van der Waals surface area contributed by atoms with Gasteiger partial charge in [0.15, 0.2) is 0 Å². The number of amides is 1.